The van der Waals surface area contributed by atoms with Gasteiger partial charge in [0.05, 0.1) is 25.2 Å². The third kappa shape index (κ3) is 5.51. The molecule has 7 nitrogen and oxygen atoms in total. The first-order chi connectivity index (χ1) is 10.1. The van der Waals surface area contributed by atoms with Crippen LogP contribution in [-0.4, -0.2) is 67.1 Å². The van der Waals surface area contributed by atoms with E-state index in [4.69, 9.17) is 14.6 Å². The van der Waals surface area contributed by atoms with E-state index in [0.717, 1.165) is 32.3 Å². The molecule has 2 amide bonds. The van der Waals surface area contributed by atoms with Gasteiger partial charge in [0, 0.05) is 26.2 Å². The van der Waals surface area contributed by atoms with Crippen molar-refractivity contribution in [1.82, 2.24) is 10.2 Å². The minimum absolute atomic E-state index is 0.0299. The van der Waals surface area contributed by atoms with Crippen LogP contribution in [-0.2, 0) is 14.3 Å². The van der Waals surface area contributed by atoms with E-state index in [-0.39, 0.29) is 31.3 Å². The SMILES string of the molecule is O=C(O)CCOC1CCN(C(=O)NCC2CCCO2)CC1. The molecule has 0 radical (unpaired) electrons. The van der Waals surface area contributed by atoms with E-state index in [1.165, 1.54) is 0 Å². The number of hydrogen-bond donors (Lipinski definition) is 2. The second-order valence-corrected chi connectivity index (χ2v) is 5.52. The Morgan fingerprint density at radius 1 is 1.29 bits per heavy atom. The average molecular weight is 300 g/mol. The number of aliphatic carboxylic acids is 1. The Labute approximate surface area is 124 Å². The fraction of sp³-hybridized carbons (Fsp3) is 0.857. The van der Waals surface area contributed by atoms with Crippen molar-refractivity contribution in [3.63, 3.8) is 0 Å². The molecule has 2 N–H and O–H groups in total. The van der Waals surface area contributed by atoms with Crippen molar-refractivity contribution < 1.29 is 24.2 Å². The second kappa shape index (κ2) is 8.19. The molecular formula is C14H24N2O5. The van der Waals surface area contributed by atoms with Gasteiger partial charge in [-0.15, -0.1) is 0 Å². The minimum Gasteiger partial charge on any atom is -0.481 e. The van der Waals surface area contributed by atoms with Crippen molar-refractivity contribution in [2.24, 2.45) is 0 Å². The van der Waals surface area contributed by atoms with Crippen LogP contribution in [0.5, 0.6) is 0 Å². The zero-order chi connectivity index (χ0) is 15.1. The highest BCUT2D eigenvalue weighted by molar-refractivity contribution is 5.74. The number of piperidine rings is 1. The van der Waals surface area contributed by atoms with E-state index in [1.807, 2.05) is 0 Å². The zero-order valence-corrected chi connectivity index (χ0v) is 12.3. The maximum atomic E-state index is 12.0. The highest BCUT2D eigenvalue weighted by Gasteiger charge is 2.24. The molecule has 2 aliphatic heterocycles. The van der Waals surface area contributed by atoms with E-state index < -0.39 is 5.97 Å². The number of carboxylic acids is 1. The summed E-state index contributed by atoms with van der Waals surface area (Å²) in [6, 6.07) is -0.0468. The van der Waals surface area contributed by atoms with E-state index >= 15 is 0 Å². The Morgan fingerprint density at radius 2 is 2.05 bits per heavy atom. The molecule has 7 heteroatoms. The molecule has 2 saturated heterocycles. The van der Waals surface area contributed by atoms with Gasteiger partial charge in [0.1, 0.15) is 0 Å². The van der Waals surface area contributed by atoms with Crippen molar-refractivity contribution >= 4 is 12.0 Å². The van der Waals surface area contributed by atoms with Crippen LogP contribution >= 0.6 is 0 Å². The van der Waals surface area contributed by atoms with Crippen molar-refractivity contribution in [2.75, 3.05) is 32.8 Å². The smallest absolute Gasteiger partial charge is 0.317 e. The maximum Gasteiger partial charge on any atom is 0.317 e. The average Bonchev–Trinajstić information content (AvgIpc) is 2.98. The summed E-state index contributed by atoms with van der Waals surface area (Å²) in [7, 11) is 0. The van der Waals surface area contributed by atoms with Crippen LogP contribution in [0.15, 0.2) is 0 Å². The lowest BCUT2D eigenvalue weighted by atomic mass is 10.1. The number of nitrogens with one attached hydrogen (secondary N) is 1. The lowest BCUT2D eigenvalue weighted by Gasteiger charge is -2.32. The third-order valence-electron chi connectivity index (χ3n) is 3.90. The standard InChI is InChI=1S/C14H24N2O5/c17-13(18)5-9-21-11-3-6-16(7-4-11)14(19)15-10-12-2-1-8-20-12/h11-12H,1-10H2,(H,15,19)(H,17,18). The predicted molar refractivity (Wildman–Crippen MR) is 75.2 cm³/mol. The Kier molecular flexibility index (Phi) is 6.25. The summed E-state index contributed by atoms with van der Waals surface area (Å²) in [5.41, 5.74) is 0. The molecule has 0 aliphatic carbocycles. The first-order valence-corrected chi connectivity index (χ1v) is 7.63. The summed E-state index contributed by atoms with van der Waals surface area (Å²) in [6.45, 7) is 2.91. The summed E-state index contributed by atoms with van der Waals surface area (Å²) in [6.07, 6.45) is 3.85. The number of amides is 2. The molecule has 0 saturated carbocycles. The molecule has 0 bridgehead atoms. The summed E-state index contributed by atoms with van der Waals surface area (Å²) in [4.78, 5) is 24.2. The van der Waals surface area contributed by atoms with Gasteiger partial charge in [0.25, 0.3) is 0 Å². The van der Waals surface area contributed by atoms with Crippen LogP contribution in [0.4, 0.5) is 4.79 Å². The molecule has 120 valence electrons. The number of nitrogens with zero attached hydrogens (tertiary/aromatic N) is 1. The maximum absolute atomic E-state index is 12.0. The lowest BCUT2D eigenvalue weighted by Crippen LogP contribution is -2.47. The van der Waals surface area contributed by atoms with Crippen molar-refractivity contribution in [3.05, 3.63) is 0 Å². The minimum atomic E-state index is -0.846. The number of carbonyl (C=O) groups excluding carboxylic acids is 1. The zero-order valence-electron chi connectivity index (χ0n) is 12.3. The van der Waals surface area contributed by atoms with Gasteiger partial charge < -0.3 is 24.8 Å². The van der Waals surface area contributed by atoms with E-state index in [0.29, 0.717) is 19.6 Å². The van der Waals surface area contributed by atoms with Gasteiger partial charge in [-0.25, -0.2) is 4.79 Å². The third-order valence-corrected chi connectivity index (χ3v) is 3.90. The monoisotopic (exact) mass is 300 g/mol. The number of ether oxygens (including phenoxy) is 2. The van der Waals surface area contributed by atoms with Gasteiger partial charge in [-0.05, 0) is 25.7 Å². The molecular weight excluding hydrogens is 276 g/mol. The first-order valence-electron chi connectivity index (χ1n) is 7.63. The number of carbonyl (C=O) groups is 2. The van der Waals surface area contributed by atoms with E-state index in [9.17, 15) is 9.59 Å². The fourth-order valence-electron chi connectivity index (χ4n) is 2.66. The Balaban J connectivity index is 1.59. The topological polar surface area (TPSA) is 88.1 Å². The van der Waals surface area contributed by atoms with Crippen molar-refractivity contribution in [2.45, 2.75) is 44.3 Å². The second-order valence-electron chi connectivity index (χ2n) is 5.52. The molecule has 21 heavy (non-hydrogen) atoms. The largest absolute Gasteiger partial charge is 0.481 e. The Bertz CT molecular complexity index is 349. The summed E-state index contributed by atoms with van der Waals surface area (Å²) >= 11 is 0. The number of carboxylic acid groups (broad SMARTS) is 1. The highest BCUT2D eigenvalue weighted by atomic mass is 16.5. The van der Waals surface area contributed by atoms with Crippen molar-refractivity contribution in [3.8, 4) is 0 Å². The Hall–Kier alpha value is -1.34. The van der Waals surface area contributed by atoms with Crippen LogP contribution in [0.1, 0.15) is 32.1 Å². The van der Waals surface area contributed by atoms with Gasteiger partial charge in [-0.1, -0.05) is 0 Å². The molecule has 2 fully saturated rings. The van der Waals surface area contributed by atoms with Gasteiger partial charge in [0.15, 0.2) is 0 Å². The van der Waals surface area contributed by atoms with Gasteiger partial charge in [0.2, 0.25) is 0 Å². The number of rotatable bonds is 6. The molecule has 0 aromatic rings. The normalized spacial score (nSPS) is 23.2. The fourth-order valence-corrected chi connectivity index (χ4v) is 2.66. The first kappa shape index (κ1) is 16.0. The molecule has 2 rings (SSSR count). The summed E-state index contributed by atoms with van der Waals surface area (Å²) < 4.78 is 11.0. The van der Waals surface area contributed by atoms with Crippen LogP contribution in [0.25, 0.3) is 0 Å². The van der Waals surface area contributed by atoms with Crippen LogP contribution < -0.4 is 5.32 Å². The lowest BCUT2D eigenvalue weighted by molar-refractivity contribution is -0.138. The summed E-state index contributed by atoms with van der Waals surface area (Å²) in [5.74, 6) is -0.846. The van der Waals surface area contributed by atoms with E-state index in [1.54, 1.807) is 4.90 Å². The Morgan fingerprint density at radius 3 is 2.67 bits per heavy atom. The number of likely N-dealkylation sites (tertiary alicyclic amines) is 1. The predicted octanol–water partition coefficient (Wildman–Crippen LogP) is 0.831. The van der Waals surface area contributed by atoms with Crippen molar-refractivity contribution in [1.29, 1.82) is 0 Å². The molecule has 2 heterocycles. The summed E-state index contributed by atoms with van der Waals surface area (Å²) in [5, 5.41) is 11.5. The van der Waals surface area contributed by atoms with Gasteiger partial charge in [-0.2, -0.15) is 0 Å². The number of urea groups is 1. The van der Waals surface area contributed by atoms with E-state index in [2.05, 4.69) is 5.32 Å². The molecule has 2 aliphatic rings. The molecule has 0 aromatic carbocycles. The molecule has 1 unspecified atom stereocenters. The van der Waals surface area contributed by atoms with Crippen LogP contribution in [0.3, 0.4) is 0 Å². The molecule has 0 aromatic heterocycles. The molecule has 1 atom stereocenters. The van der Waals surface area contributed by atoms with Gasteiger partial charge in [-0.3, -0.25) is 4.79 Å². The van der Waals surface area contributed by atoms with Gasteiger partial charge >= 0.3 is 12.0 Å². The quantitative estimate of drug-likeness (QED) is 0.758. The highest BCUT2D eigenvalue weighted by Crippen LogP contribution is 2.15. The van der Waals surface area contributed by atoms with Crippen LogP contribution in [0, 0.1) is 0 Å². The number of hydrogen-bond acceptors (Lipinski definition) is 4. The van der Waals surface area contributed by atoms with Crippen LogP contribution in [0.2, 0.25) is 0 Å². The molecule has 0 spiro atoms.